The van der Waals surface area contributed by atoms with Crippen LogP contribution in [0.5, 0.6) is 0 Å². The zero-order chi connectivity index (χ0) is 14.3. The quantitative estimate of drug-likeness (QED) is 0.735. The third-order valence-electron chi connectivity index (χ3n) is 4.24. The van der Waals surface area contributed by atoms with Gasteiger partial charge in [-0.3, -0.25) is 0 Å². The Morgan fingerprint density at radius 3 is 2.53 bits per heavy atom. The predicted molar refractivity (Wildman–Crippen MR) is 80.5 cm³/mol. The molecule has 1 saturated carbocycles. The van der Waals surface area contributed by atoms with E-state index in [4.69, 9.17) is 9.47 Å². The van der Waals surface area contributed by atoms with Gasteiger partial charge >= 0.3 is 0 Å². The fourth-order valence-electron chi connectivity index (χ4n) is 3.05. The van der Waals surface area contributed by atoms with E-state index in [1.807, 2.05) is 0 Å². The lowest BCUT2D eigenvalue weighted by Gasteiger charge is -2.39. The second kappa shape index (κ2) is 8.93. The molecule has 1 rings (SSSR count). The summed E-state index contributed by atoms with van der Waals surface area (Å²) in [6, 6.07) is 0.522. The average Bonchev–Trinajstić information content (AvgIpc) is 2.37. The molecule has 19 heavy (non-hydrogen) atoms. The average molecular weight is 271 g/mol. The summed E-state index contributed by atoms with van der Waals surface area (Å²) in [6.45, 7) is 10.8. The van der Waals surface area contributed by atoms with Gasteiger partial charge in [0.05, 0.1) is 18.8 Å². The van der Waals surface area contributed by atoms with Gasteiger partial charge in [-0.2, -0.15) is 0 Å². The first kappa shape index (κ1) is 16.9. The van der Waals surface area contributed by atoms with Crippen LogP contribution in [-0.4, -0.2) is 38.5 Å². The molecule has 0 heterocycles. The summed E-state index contributed by atoms with van der Waals surface area (Å²) in [4.78, 5) is 0. The van der Waals surface area contributed by atoms with Gasteiger partial charge in [0.1, 0.15) is 0 Å². The highest BCUT2D eigenvalue weighted by molar-refractivity contribution is 4.87. The van der Waals surface area contributed by atoms with E-state index < -0.39 is 0 Å². The summed E-state index contributed by atoms with van der Waals surface area (Å²) in [7, 11) is 1.74. The maximum Gasteiger partial charge on any atom is 0.0784 e. The fraction of sp³-hybridized carbons (Fsp3) is 1.00. The number of hydrogen-bond donors (Lipinski definition) is 1. The molecular weight excluding hydrogens is 238 g/mol. The Bertz CT molecular complexity index is 233. The molecule has 0 aromatic carbocycles. The molecule has 0 radical (unpaired) electrons. The van der Waals surface area contributed by atoms with Gasteiger partial charge in [0, 0.05) is 13.2 Å². The smallest absolute Gasteiger partial charge is 0.0784 e. The highest BCUT2D eigenvalue weighted by Gasteiger charge is 2.32. The van der Waals surface area contributed by atoms with Crippen molar-refractivity contribution in [2.24, 2.45) is 11.8 Å². The highest BCUT2D eigenvalue weighted by atomic mass is 16.5. The second-order valence-electron chi connectivity index (χ2n) is 6.32. The van der Waals surface area contributed by atoms with Crippen molar-refractivity contribution in [3.63, 3.8) is 0 Å². The SMILES string of the molecule is CCCNC1CCC(C(C)C)CC1OC(C)COC. The molecule has 0 spiro atoms. The molecule has 1 aliphatic rings. The van der Waals surface area contributed by atoms with E-state index in [9.17, 15) is 0 Å². The highest BCUT2D eigenvalue weighted by Crippen LogP contribution is 2.32. The Balaban J connectivity index is 2.54. The van der Waals surface area contributed by atoms with Gasteiger partial charge in [-0.25, -0.2) is 0 Å². The van der Waals surface area contributed by atoms with Crippen molar-refractivity contribution in [2.75, 3.05) is 20.3 Å². The van der Waals surface area contributed by atoms with Gasteiger partial charge in [0.25, 0.3) is 0 Å². The summed E-state index contributed by atoms with van der Waals surface area (Å²) in [5.74, 6) is 1.57. The van der Waals surface area contributed by atoms with Crippen molar-refractivity contribution in [3.8, 4) is 0 Å². The van der Waals surface area contributed by atoms with Crippen molar-refractivity contribution in [3.05, 3.63) is 0 Å². The molecule has 0 aliphatic heterocycles. The van der Waals surface area contributed by atoms with Crippen molar-refractivity contribution >= 4 is 0 Å². The first-order chi connectivity index (χ1) is 9.08. The lowest BCUT2D eigenvalue weighted by atomic mass is 9.78. The fourth-order valence-corrected chi connectivity index (χ4v) is 3.05. The van der Waals surface area contributed by atoms with Crippen molar-refractivity contribution in [2.45, 2.75) is 71.6 Å². The van der Waals surface area contributed by atoms with Gasteiger partial charge in [0.2, 0.25) is 0 Å². The minimum atomic E-state index is 0.187. The van der Waals surface area contributed by atoms with Gasteiger partial charge in [-0.1, -0.05) is 20.8 Å². The normalized spacial score (nSPS) is 29.7. The van der Waals surface area contributed by atoms with E-state index in [0.717, 1.165) is 18.4 Å². The van der Waals surface area contributed by atoms with Crippen LogP contribution in [-0.2, 0) is 9.47 Å². The summed E-state index contributed by atoms with van der Waals surface area (Å²) in [6.07, 6.45) is 5.48. The van der Waals surface area contributed by atoms with Gasteiger partial charge in [-0.15, -0.1) is 0 Å². The van der Waals surface area contributed by atoms with Crippen LogP contribution in [0.25, 0.3) is 0 Å². The Kier molecular flexibility index (Phi) is 7.96. The third kappa shape index (κ3) is 5.80. The summed E-state index contributed by atoms with van der Waals surface area (Å²) < 4.78 is 11.4. The van der Waals surface area contributed by atoms with Gasteiger partial charge in [-0.05, 0) is 51.0 Å². The molecule has 3 heteroatoms. The monoisotopic (exact) mass is 271 g/mol. The molecule has 3 nitrogen and oxygen atoms in total. The lowest BCUT2D eigenvalue weighted by Crippen LogP contribution is -2.48. The van der Waals surface area contributed by atoms with Crippen LogP contribution in [0, 0.1) is 11.8 Å². The molecule has 0 aromatic heterocycles. The molecule has 4 unspecified atom stereocenters. The number of rotatable bonds is 8. The van der Waals surface area contributed by atoms with E-state index in [2.05, 4.69) is 33.0 Å². The standard InChI is InChI=1S/C16H33NO2/c1-6-9-17-15-8-7-14(12(2)3)10-16(15)19-13(4)11-18-5/h12-17H,6-11H2,1-5H3. The van der Waals surface area contributed by atoms with Gasteiger partial charge in [0.15, 0.2) is 0 Å². The number of hydrogen-bond acceptors (Lipinski definition) is 3. The maximum absolute atomic E-state index is 6.23. The molecule has 4 atom stereocenters. The van der Waals surface area contributed by atoms with Gasteiger partial charge < -0.3 is 14.8 Å². The third-order valence-corrected chi connectivity index (χ3v) is 4.24. The first-order valence-corrected chi connectivity index (χ1v) is 7.96. The zero-order valence-corrected chi connectivity index (χ0v) is 13.4. The van der Waals surface area contributed by atoms with Crippen molar-refractivity contribution in [1.82, 2.24) is 5.32 Å². The molecule has 0 aromatic rings. The van der Waals surface area contributed by atoms with Crippen molar-refractivity contribution in [1.29, 1.82) is 0 Å². The van der Waals surface area contributed by atoms with E-state index in [-0.39, 0.29) is 6.10 Å². The molecular formula is C16H33NO2. The molecule has 0 amide bonds. The molecule has 1 fully saturated rings. The zero-order valence-electron chi connectivity index (χ0n) is 13.4. The van der Waals surface area contributed by atoms with Crippen LogP contribution in [0.1, 0.15) is 53.4 Å². The van der Waals surface area contributed by atoms with E-state index >= 15 is 0 Å². The molecule has 0 bridgehead atoms. The van der Waals surface area contributed by atoms with Crippen LogP contribution in [0.2, 0.25) is 0 Å². The summed E-state index contributed by atoms with van der Waals surface area (Å²) in [5, 5.41) is 3.66. The second-order valence-corrected chi connectivity index (χ2v) is 6.32. The maximum atomic E-state index is 6.23. The van der Waals surface area contributed by atoms with Crippen LogP contribution in [0.4, 0.5) is 0 Å². The topological polar surface area (TPSA) is 30.5 Å². The Morgan fingerprint density at radius 2 is 1.95 bits per heavy atom. The van der Waals surface area contributed by atoms with E-state index in [1.54, 1.807) is 7.11 Å². The predicted octanol–water partition coefficient (Wildman–Crippen LogP) is 3.23. The molecule has 1 aliphatic carbocycles. The number of ether oxygens (including phenoxy) is 2. The number of nitrogens with one attached hydrogen (secondary N) is 1. The van der Waals surface area contributed by atoms with Crippen LogP contribution in [0.3, 0.4) is 0 Å². The van der Waals surface area contributed by atoms with Crippen molar-refractivity contribution < 1.29 is 9.47 Å². The van der Waals surface area contributed by atoms with E-state index in [1.165, 1.54) is 25.7 Å². The van der Waals surface area contributed by atoms with Crippen LogP contribution in [0.15, 0.2) is 0 Å². The van der Waals surface area contributed by atoms with E-state index in [0.29, 0.717) is 18.8 Å². The summed E-state index contributed by atoms with van der Waals surface area (Å²) >= 11 is 0. The lowest BCUT2D eigenvalue weighted by molar-refractivity contribution is -0.0771. The van der Waals surface area contributed by atoms with Crippen LogP contribution >= 0.6 is 0 Å². The minimum Gasteiger partial charge on any atom is -0.382 e. The summed E-state index contributed by atoms with van der Waals surface area (Å²) in [5.41, 5.74) is 0. The molecule has 1 N–H and O–H groups in total. The first-order valence-electron chi connectivity index (χ1n) is 7.96. The molecule has 0 saturated heterocycles. The molecule has 114 valence electrons. The Hall–Kier alpha value is -0.120. The Morgan fingerprint density at radius 1 is 1.21 bits per heavy atom. The number of methoxy groups -OCH3 is 1. The minimum absolute atomic E-state index is 0.187. The Labute approximate surface area is 119 Å². The van der Waals surface area contributed by atoms with Crippen LogP contribution < -0.4 is 5.32 Å². The largest absolute Gasteiger partial charge is 0.382 e.